The van der Waals surface area contributed by atoms with E-state index in [0.717, 1.165) is 0 Å². The van der Waals surface area contributed by atoms with Crippen molar-refractivity contribution in [1.82, 2.24) is 4.90 Å². The van der Waals surface area contributed by atoms with Crippen LogP contribution in [0, 0.1) is 22.0 Å². The summed E-state index contributed by atoms with van der Waals surface area (Å²) in [6, 6.07) is 5.34. The van der Waals surface area contributed by atoms with E-state index in [1.54, 1.807) is 0 Å². The van der Waals surface area contributed by atoms with Crippen LogP contribution >= 0.6 is 0 Å². The van der Waals surface area contributed by atoms with Crippen molar-refractivity contribution < 1.29 is 19.6 Å². The van der Waals surface area contributed by atoms with Crippen molar-refractivity contribution in [2.75, 3.05) is 13.1 Å². The first kappa shape index (κ1) is 15.0. The third-order valence-corrected chi connectivity index (χ3v) is 3.62. The summed E-state index contributed by atoms with van der Waals surface area (Å²) in [5.74, 6) is -1.64. The number of carboxylic acid groups (broad SMARTS) is 1. The summed E-state index contributed by atoms with van der Waals surface area (Å²) in [5, 5.41) is 19.7. The number of amides is 1. The van der Waals surface area contributed by atoms with Gasteiger partial charge in [-0.05, 0) is 24.5 Å². The SMILES string of the molecule is CC1CC(C(=O)O)CN(C(=O)c2ccc([N+](=O)[O-])cc2)C1. The van der Waals surface area contributed by atoms with E-state index >= 15 is 0 Å². The van der Waals surface area contributed by atoms with Crippen LogP contribution in [0.2, 0.25) is 0 Å². The Morgan fingerprint density at radius 2 is 1.90 bits per heavy atom. The van der Waals surface area contributed by atoms with Crippen LogP contribution in [0.1, 0.15) is 23.7 Å². The van der Waals surface area contributed by atoms with Gasteiger partial charge in [0.25, 0.3) is 11.6 Å². The first-order valence-corrected chi connectivity index (χ1v) is 6.65. The first-order valence-electron chi connectivity index (χ1n) is 6.65. The second kappa shape index (κ2) is 5.90. The fourth-order valence-electron chi connectivity index (χ4n) is 2.60. The molecule has 1 N–H and O–H groups in total. The van der Waals surface area contributed by atoms with Gasteiger partial charge in [0.2, 0.25) is 0 Å². The second-order valence-corrected chi connectivity index (χ2v) is 5.39. The van der Waals surface area contributed by atoms with Crippen LogP contribution < -0.4 is 0 Å². The Labute approximate surface area is 121 Å². The fraction of sp³-hybridized carbons (Fsp3) is 0.429. The van der Waals surface area contributed by atoms with Crippen LogP contribution in [-0.4, -0.2) is 39.9 Å². The highest BCUT2D eigenvalue weighted by Gasteiger charge is 2.32. The summed E-state index contributed by atoms with van der Waals surface area (Å²) in [4.78, 5) is 35.0. The largest absolute Gasteiger partial charge is 0.481 e. The van der Waals surface area contributed by atoms with Gasteiger partial charge < -0.3 is 10.0 Å². The Bertz CT molecular complexity index is 569. The molecule has 2 rings (SSSR count). The zero-order valence-electron chi connectivity index (χ0n) is 11.6. The molecule has 1 amide bonds. The Hall–Kier alpha value is -2.44. The molecule has 2 atom stereocenters. The fourth-order valence-corrected chi connectivity index (χ4v) is 2.60. The topological polar surface area (TPSA) is 101 Å². The number of rotatable bonds is 3. The number of hydrogen-bond donors (Lipinski definition) is 1. The van der Waals surface area contributed by atoms with Gasteiger partial charge in [0.1, 0.15) is 0 Å². The van der Waals surface area contributed by atoms with Crippen molar-refractivity contribution in [3.8, 4) is 0 Å². The molecule has 1 fully saturated rings. The first-order chi connectivity index (χ1) is 9.88. The number of carbonyl (C=O) groups is 2. The predicted molar refractivity (Wildman–Crippen MR) is 73.9 cm³/mol. The quantitative estimate of drug-likeness (QED) is 0.676. The number of carbonyl (C=O) groups excluding carboxylic acids is 1. The number of carboxylic acids is 1. The third-order valence-electron chi connectivity index (χ3n) is 3.62. The molecule has 112 valence electrons. The molecule has 0 radical (unpaired) electrons. The van der Waals surface area contributed by atoms with Crippen molar-refractivity contribution >= 4 is 17.6 Å². The maximum absolute atomic E-state index is 12.4. The lowest BCUT2D eigenvalue weighted by atomic mass is 9.90. The Morgan fingerprint density at radius 3 is 2.43 bits per heavy atom. The van der Waals surface area contributed by atoms with E-state index in [1.807, 2.05) is 6.92 Å². The molecule has 0 aliphatic carbocycles. The zero-order chi connectivity index (χ0) is 15.6. The summed E-state index contributed by atoms with van der Waals surface area (Å²) in [5.41, 5.74) is 0.251. The lowest BCUT2D eigenvalue weighted by Crippen LogP contribution is -2.45. The molecule has 21 heavy (non-hydrogen) atoms. The summed E-state index contributed by atoms with van der Waals surface area (Å²) in [6.07, 6.45) is 0.555. The molecule has 1 aromatic rings. The number of nitro groups is 1. The van der Waals surface area contributed by atoms with E-state index in [1.165, 1.54) is 29.2 Å². The number of likely N-dealkylation sites (tertiary alicyclic amines) is 1. The molecule has 7 heteroatoms. The number of hydrogen-bond acceptors (Lipinski definition) is 4. The van der Waals surface area contributed by atoms with Crippen molar-refractivity contribution in [3.63, 3.8) is 0 Å². The van der Waals surface area contributed by atoms with Gasteiger partial charge in [-0.1, -0.05) is 6.92 Å². The van der Waals surface area contributed by atoms with Crippen LogP contribution in [0.5, 0.6) is 0 Å². The van der Waals surface area contributed by atoms with E-state index in [4.69, 9.17) is 5.11 Å². The van der Waals surface area contributed by atoms with Crippen molar-refractivity contribution in [1.29, 1.82) is 0 Å². The minimum Gasteiger partial charge on any atom is -0.481 e. The Morgan fingerprint density at radius 1 is 1.29 bits per heavy atom. The van der Waals surface area contributed by atoms with Crippen LogP contribution in [0.25, 0.3) is 0 Å². The van der Waals surface area contributed by atoms with Crippen molar-refractivity contribution in [2.24, 2.45) is 11.8 Å². The summed E-state index contributed by atoms with van der Waals surface area (Å²) in [6.45, 7) is 2.58. The van der Waals surface area contributed by atoms with Gasteiger partial charge in [-0.3, -0.25) is 19.7 Å². The normalized spacial score (nSPS) is 21.9. The zero-order valence-corrected chi connectivity index (χ0v) is 11.6. The van der Waals surface area contributed by atoms with Crippen LogP contribution in [0.15, 0.2) is 24.3 Å². The number of aliphatic carboxylic acids is 1. The predicted octanol–water partition coefficient (Wildman–Crippen LogP) is 1.78. The maximum Gasteiger partial charge on any atom is 0.308 e. The van der Waals surface area contributed by atoms with Crippen LogP contribution in [0.3, 0.4) is 0 Å². The third kappa shape index (κ3) is 3.36. The van der Waals surface area contributed by atoms with Crippen LogP contribution in [-0.2, 0) is 4.79 Å². The second-order valence-electron chi connectivity index (χ2n) is 5.39. The molecule has 0 bridgehead atoms. The minimum atomic E-state index is -0.900. The van der Waals surface area contributed by atoms with E-state index < -0.39 is 16.8 Å². The molecule has 0 saturated carbocycles. The number of benzene rings is 1. The molecule has 1 saturated heterocycles. The lowest BCUT2D eigenvalue weighted by Gasteiger charge is -2.34. The van der Waals surface area contributed by atoms with Gasteiger partial charge in [-0.2, -0.15) is 0 Å². The molecular weight excluding hydrogens is 276 g/mol. The molecule has 1 aliphatic rings. The van der Waals surface area contributed by atoms with E-state index in [0.29, 0.717) is 18.5 Å². The highest BCUT2D eigenvalue weighted by molar-refractivity contribution is 5.94. The molecule has 7 nitrogen and oxygen atoms in total. The van der Waals surface area contributed by atoms with Gasteiger partial charge in [0.15, 0.2) is 0 Å². The smallest absolute Gasteiger partial charge is 0.308 e. The summed E-state index contributed by atoms with van der Waals surface area (Å²) < 4.78 is 0. The average molecular weight is 292 g/mol. The van der Waals surface area contributed by atoms with Gasteiger partial charge in [-0.25, -0.2) is 0 Å². The van der Waals surface area contributed by atoms with E-state index in [9.17, 15) is 19.7 Å². The molecule has 0 aromatic heterocycles. The molecule has 0 spiro atoms. The molecule has 2 unspecified atom stereocenters. The molecule has 1 heterocycles. The Kier molecular flexibility index (Phi) is 4.21. The van der Waals surface area contributed by atoms with Gasteiger partial charge in [0.05, 0.1) is 10.8 Å². The van der Waals surface area contributed by atoms with Crippen molar-refractivity contribution in [2.45, 2.75) is 13.3 Å². The molecule has 1 aliphatic heterocycles. The summed E-state index contributed by atoms with van der Waals surface area (Å²) >= 11 is 0. The van der Waals surface area contributed by atoms with Gasteiger partial charge >= 0.3 is 5.97 Å². The monoisotopic (exact) mass is 292 g/mol. The maximum atomic E-state index is 12.4. The van der Waals surface area contributed by atoms with Crippen molar-refractivity contribution in [3.05, 3.63) is 39.9 Å². The number of nitro benzene ring substituents is 1. The van der Waals surface area contributed by atoms with E-state index in [2.05, 4.69) is 0 Å². The number of nitrogens with zero attached hydrogens (tertiary/aromatic N) is 2. The van der Waals surface area contributed by atoms with Gasteiger partial charge in [-0.15, -0.1) is 0 Å². The average Bonchev–Trinajstić information content (AvgIpc) is 2.45. The highest BCUT2D eigenvalue weighted by atomic mass is 16.6. The van der Waals surface area contributed by atoms with Gasteiger partial charge in [0, 0.05) is 30.8 Å². The lowest BCUT2D eigenvalue weighted by molar-refractivity contribution is -0.384. The van der Waals surface area contributed by atoms with Crippen LogP contribution in [0.4, 0.5) is 5.69 Å². The number of non-ortho nitro benzene ring substituents is 1. The molecular formula is C14H16N2O5. The minimum absolute atomic E-state index is 0.0815. The number of piperidine rings is 1. The summed E-state index contributed by atoms with van der Waals surface area (Å²) in [7, 11) is 0. The standard InChI is InChI=1S/C14H16N2O5/c1-9-6-11(14(18)19)8-15(7-9)13(17)10-2-4-12(5-3-10)16(20)21/h2-5,9,11H,6-8H2,1H3,(H,18,19). The highest BCUT2D eigenvalue weighted by Crippen LogP contribution is 2.23. The van der Waals surface area contributed by atoms with E-state index in [-0.39, 0.29) is 24.1 Å². The molecule has 1 aromatic carbocycles. The Balaban J connectivity index is 2.14.